The first kappa shape index (κ1) is 17.0. The molecule has 1 fully saturated rings. The maximum Gasteiger partial charge on any atom is 0.230 e. The number of anilines is 1. The molecule has 0 unspecified atom stereocenters. The minimum Gasteiger partial charge on any atom is -0.456 e. The number of rotatable bonds is 4. The monoisotopic (exact) mass is 374 g/mol. The molecular formula is C23H22N2O3. The van der Waals surface area contributed by atoms with Gasteiger partial charge in [-0.15, -0.1) is 0 Å². The highest BCUT2D eigenvalue weighted by molar-refractivity contribution is 5.99. The van der Waals surface area contributed by atoms with Crippen molar-refractivity contribution in [3.8, 4) is 22.6 Å². The standard InChI is InChI=1S/C23H22N2O3/c1-15-7-10-20-21(25(15)23(26)16-8-9-16)12-11-19(17-13-24-27-14-17)22(20)28-18-5-3-2-4-6-18/h2-6,11-16H,7-10H2,1H3/t15-/m0/s1. The lowest BCUT2D eigenvalue weighted by molar-refractivity contribution is -0.120. The summed E-state index contributed by atoms with van der Waals surface area (Å²) in [4.78, 5) is 15.0. The summed E-state index contributed by atoms with van der Waals surface area (Å²) in [7, 11) is 0. The molecule has 1 amide bonds. The lowest BCUT2D eigenvalue weighted by Gasteiger charge is -2.36. The maximum absolute atomic E-state index is 13.0. The number of ether oxygens (including phenoxy) is 1. The van der Waals surface area contributed by atoms with Crippen molar-refractivity contribution in [3.63, 3.8) is 0 Å². The maximum atomic E-state index is 13.0. The number of benzene rings is 2. The largest absolute Gasteiger partial charge is 0.456 e. The Bertz CT molecular complexity index is 994. The Labute approximate surface area is 163 Å². The highest BCUT2D eigenvalue weighted by Crippen LogP contribution is 2.46. The minimum absolute atomic E-state index is 0.185. The minimum atomic E-state index is 0.185. The van der Waals surface area contributed by atoms with E-state index >= 15 is 0 Å². The molecule has 1 aliphatic heterocycles. The van der Waals surface area contributed by atoms with Crippen LogP contribution in [0.3, 0.4) is 0 Å². The van der Waals surface area contributed by atoms with Crippen molar-refractivity contribution in [1.29, 1.82) is 0 Å². The molecule has 0 saturated heterocycles. The van der Waals surface area contributed by atoms with E-state index in [1.54, 1.807) is 12.5 Å². The van der Waals surface area contributed by atoms with Crippen LogP contribution in [0.25, 0.3) is 11.1 Å². The summed E-state index contributed by atoms with van der Waals surface area (Å²) >= 11 is 0. The van der Waals surface area contributed by atoms with Crippen LogP contribution in [0.4, 0.5) is 5.69 Å². The molecule has 5 heteroatoms. The smallest absolute Gasteiger partial charge is 0.230 e. The summed E-state index contributed by atoms with van der Waals surface area (Å²) in [6.45, 7) is 2.13. The van der Waals surface area contributed by atoms with Crippen LogP contribution < -0.4 is 9.64 Å². The molecule has 1 aliphatic carbocycles. The molecule has 1 aromatic heterocycles. The van der Waals surface area contributed by atoms with Gasteiger partial charge in [-0.1, -0.05) is 23.4 Å². The molecule has 1 saturated carbocycles. The fourth-order valence-electron chi connectivity index (χ4n) is 3.96. The van der Waals surface area contributed by atoms with E-state index in [0.717, 1.165) is 59.6 Å². The Morgan fingerprint density at radius 3 is 2.68 bits per heavy atom. The Morgan fingerprint density at radius 1 is 1.14 bits per heavy atom. The molecule has 2 heterocycles. The molecule has 2 aliphatic rings. The summed E-state index contributed by atoms with van der Waals surface area (Å²) in [6.07, 6.45) is 7.11. The van der Waals surface area contributed by atoms with Gasteiger partial charge in [0, 0.05) is 28.7 Å². The van der Waals surface area contributed by atoms with Crippen LogP contribution in [-0.2, 0) is 11.2 Å². The van der Waals surface area contributed by atoms with Crippen molar-refractivity contribution in [3.05, 3.63) is 60.5 Å². The lowest BCUT2D eigenvalue weighted by Crippen LogP contribution is -2.43. The van der Waals surface area contributed by atoms with E-state index in [4.69, 9.17) is 9.26 Å². The van der Waals surface area contributed by atoms with E-state index in [1.165, 1.54) is 0 Å². The summed E-state index contributed by atoms with van der Waals surface area (Å²) in [6, 6.07) is 14.0. The van der Waals surface area contributed by atoms with Crippen LogP contribution >= 0.6 is 0 Å². The Hall–Kier alpha value is -3.08. The molecule has 2 aromatic carbocycles. The number of fused-ring (bicyclic) bond motifs is 1. The molecule has 0 spiro atoms. The normalized spacial score (nSPS) is 18.6. The molecule has 0 bridgehead atoms. The lowest BCUT2D eigenvalue weighted by atomic mass is 9.92. The number of hydrogen-bond acceptors (Lipinski definition) is 4. The van der Waals surface area contributed by atoms with E-state index in [-0.39, 0.29) is 17.9 Å². The third-order valence-electron chi connectivity index (χ3n) is 5.62. The van der Waals surface area contributed by atoms with Crippen molar-refractivity contribution >= 4 is 11.6 Å². The second-order valence-electron chi connectivity index (χ2n) is 7.64. The first-order valence-electron chi connectivity index (χ1n) is 9.84. The van der Waals surface area contributed by atoms with Crippen molar-refractivity contribution < 1.29 is 14.1 Å². The van der Waals surface area contributed by atoms with Gasteiger partial charge in [0.05, 0.1) is 11.9 Å². The SMILES string of the molecule is C[C@H]1CCc2c(ccc(-c3cnoc3)c2Oc2ccccc2)N1C(=O)C1CC1. The fraction of sp³-hybridized carbons (Fsp3) is 0.304. The average Bonchev–Trinajstić information content (AvgIpc) is 3.43. The van der Waals surface area contributed by atoms with Crippen LogP contribution in [0.5, 0.6) is 11.5 Å². The van der Waals surface area contributed by atoms with Gasteiger partial charge in [0.25, 0.3) is 0 Å². The number of aromatic nitrogens is 1. The van der Waals surface area contributed by atoms with E-state index in [2.05, 4.69) is 12.1 Å². The molecule has 5 nitrogen and oxygen atoms in total. The van der Waals surface area contributed by atoms with E-state index in [1.807, 2.05) is 47.4 Å². The van der Waals surface area contributed by atoms with Gasteiger partial charge in [0.2, 0.25) is 5.91 Å². The zero-order valence-corrected chi connectivity index (χ0v) is 15.8. The molecule has 0 radical (unpaired) electrons. The van der Waals surface area contributed by atoms with Crippen LogP contribution in [0.2, 0.25) is 0 Å². The van der Waals surface area contributed by atoms with E-state index in [9.17, 15) is 4.79 Å². The number of para-hydroxylation sites is 1. The van der Waals surface area contributed by atoms with E-state index < -0.39 is 0 Å². The number of carbonyl (C=O) groups is 1. The van der Waals surface area contributed by atoms with Gasteiger partial charge in [-0.3, -0.25) is 4.79 Å². The molecule has 5 rings (SSSR count). The van der Waals surface area contributed by atoms with Gasteiger partial charge in [0.15, 0.2) is 0 Å². The van der Waals surface area contributed by atoms with Crippen LogP contribution in [0, 0.1) is 5.92 Å². The number of amides is 1. The summed E-state index contributed by atoms with van der Waals surface area (Å²) in [5.41, 5.74) is 3.85. The third-order valence-corrected chi connectivity index (χ3v) is 5.62. The third kappa shape index (κ3) is 2.97. The molecular weight excluding hydrogens is 352 g/mol. The van der Waals surface area contributed by atoms with Gasteiger partial charge in [-0.05, 0) is 56.9 Å². The number of nitrogens with zero attached hydrogens (tertiary/aromatic N) is 2. The fourth-order valence-corrected chi connectivity index (χ4v) is 3.96. The first-order valence-corrected chi connectivity index (χ1v) is 9.84. The molecule has 142 valence electrons. The predicted molar refractivity (Wildman–Crippen MR) is 106 cm³/mol. The van der Waals surface area contributed by atoms with Crippen LogP contribution in [0.1, 0.15) is 31.7 Å². The molecule has 1 atom stereocenters. The second-order valence-corrected chi connectivity index (χ2v) is 7.64. The zero-order chi connectivity index (χ0) is 19.1. The van der Waals surface area contributed by atoms with Crippen LogP contribution in [0.15, 0.2) is 59.4 Å². The first-order chi connectivity index (χ1) is 13.7. The van der Waals surface area contributed by atoms with Gasteiger partial charge in [-0.25, -0.2) is 0 Å². The number of carbonyl (C=O) groups excluding carboxylic acids is 1. The molecule has 28 heavy (non-hydrogen) atoms. The summed E-state index contributed by atoms with van der Waals surface area (Å²) < 4.78 is 11.4. The Morgan fingerprint density at radius 2 is 1.96 bits per heavy atom. The summed E-state index contributed by atoms with van der Waals surface area (Å²) in [5.74, 6) is 1.99. The summed E-state index contributed by atoms with van der Waals surface area (Å²) in [5, 5.41) is 3.85. The van der Waals surface area contributed by atoms with Gasteiger partial charge in [-0.2, -0.15) is 0 Å². The molecule has 0 N–H and O–H groups in total. The van der Waals surface area contributed by atoms with Crippen molar-refractivity contribution in [2.75, 3.05) is 4.90 Å². The van der Waals surface area contributed by atoms with Gasteiger partial charge < -0.3 is 14.2 Å². The van der Waals surface area contributed by atoms with Gasteiger partial charge >= 0.3 is 0 Å². The Kier molecular flexibility index (Phi) is 4.15. The second kappa shape index (κ2) is 6.82. The van der Waals surface area contributed by atoms with Crippen molar-refractivity contribution in [2.24, 2.45) is 5.92 Å². The Balaban J connectivity index is 1.65. The van der Waals surface area contributed by atoms with E-state index in [0.29, 0.717) is 0 Å². The predicted octanol–water partition coefficient (Wildman–Crippen LogP) is 5.21. The highest BCUT2D eigenvalue weighted by atomic mass is 16.5. The van der Waals surface area contributed by atoms with Gasteiger partial charge in [0.1, 0.15) is 17.8 Å². The zero-order valence-electron chi connectivity index (χ0n) is 15.8. The number of hydrogen-bond donors (Lipinski definition) is 0. The highest BCUT2D eigenvalue weighted by Gasteiger charge is 2.39. The quantitative estimate of drug-likeness (QED) is 0.629. The average molecular weight is 374 g/mol. The van der Waals surface area contributed by atoms with Crippen LogP contribution in [-0.4, -0.2) is 17.1 Å². The van der Waals surface area contributed by atoms with Crippen molar-refractivity contribution in [1.82, 2.24) is 5.16 Å². The molecule has 3 aromatic rings. The topological polar surface area (TPSA) is 55.6 Å². The van der Waals surface area contributed by atoms with Crippen molar-refractivity contribution in [2.45, 2.75) is 38.6 Å².